The molecule has 6 nitrogen and oxygen atoms in total. The summed E-state index contributed by atoms with van der Waals surface area (Å²) in [7, 11) is 0. The van der Waals surface area contributed by atoms with Gasteiger partial charge in [0.25, 0.3) is 0 Å². The Labute approximate surface area is 619 Å². The van der Waals surface area contributed by atoms with E-state index in [4.69, 9.17) is 29.9 Å². The summed E-state index contributed by atoms with van der Waals surface area (Å²) in [4.78, 5) is 34.3. The van der Waals surface area contributed by atoms with E-state index in [0.29, 0.717) is 34.9 Å². The van der Waals surface area contributed by atoms with Crippen molar-refractivity contribution >= 4 is 126 Å². The van der Waals surface area contributed by atoms with E-state index in [1.807, 2.05) is 41.3 Å². The molecular formula is C98H60N6S2. The van der Waals surface area contributed by atoms with E-state index in [9.17, 15) is 0 Å². The summed E-state index contributed by atoms with van der Waals surface area (Å²) in [6.45, 7) is 0. The van der Waals surface area contributed by atoms with Gasteiger partial charge in [-0.25, -0.2) is 29.9 Å². The molecule has 0 radical (unpaired) electrons. The Hall–Kier alpha value is -12.9. The third kappa shape index (κ3) is 10.2. The SMILES string of the molecule is C1=Cc2ccc3c(c2CC1)C1Sc2c(ccc4ccccc24)C1C(c1nc(-c2cccc(-c4cccc(-c5ccc6ccc(-c7nc(-c8ccccc8)nc(-c8cc9ccc%10ccccc%10c9c9sc%10cc%11ccccc%11cc%10c89)n7)cc6c5)c4)c2)nc(-c2ccc4cc(-c5ccccc5)ccc4c2)n1)=C3. The van der Waals surface area contributed by atoms with Crippen LogP contribution in [0.5, 0.6) is 0 Å². The third-order valence-electron chi connectivity index (χ3n) is 22.1. The first-order chi connectivity index (χ1) is 52.4. The largest absolute Gasteiger partial charge is 0.208 e. The van der Waals surface area contributed by atoms with Crippen molar-refractivity contribution in [1.29, 1.82) is 0 Å². The molecule has 2 unspecified atom stereocenters. The molecule has 106 heavy (non-hydrogen) atoms. The van der Waals surface area contributed by atoms with Crippen LogP contribution in [0.25, 0.3) is 193 Å². The van der Waals surface area contributed by atoms with E-state index >= 15 is 0 Å². The second kappa shape index (κ2) is 24.4. The number of allylic oxidation sites excluding steroid dienone is 2. The van der Waals surface area contributed by atoms with Crippen molar-refractivity contribution < 1.29 is 0 Å². The van der Waals surface area contributed by atoms with Crippen LogP contribution in [0.2, 0.25) is 0 Å². The van der Waals surface area contributed by atoms with Crippen molar-refractivity contribution in [2.24, 2.45) is 0 Å². The lowest BCUT2D eigenvalue weighted by Crippen LogP contribution is -2.17. The molecule has 4 heterocycles. The maximum Gasteiger partial charge on any atom is 0.164 e. The highest BCUT2D eigenvalue weighted by molar-refractivity contribution is 8.00. The smallest absolute Gasteiger partial charge is 0.164 e. The van der Waals surface area contributed by atoms with Crippen LogP contribution in [0.4, 0.5) is 0 Å². The lowest BCUT2D eigenvalue weighted by Gasteiger charge is -2.32. The molecule has 494 valence electrons. The fourth-order valence-electron chi connectivity index (χ4n) is 16.9. The number of hydrogen-bond acceptors (Lipinski definition) is 8. The van der Waals surface area contributed by atoms with Crippen molar-refractivity contribution in [3.05, 3.63) is 349 Å². The second-order valence-corrected chi connectivity index (χ2v) is 30.5. The maximum atomic E-state index is 5.64. The first kappa shape index (κ1) is 60.7. The average molecular weight is 1390 g/mol. The van der Waals surface area contributed by atoms with Gasteiger partial charge in [-0.05, 0) is 194 Å². The fourth-order valence-corrected chi connectivity index (χ4v) is 20.0. The molecule has 16 aromatic carbocycles. The van der Waals surface area contributed by atoms with Gasteiger partial charge in [0.1, 0.15) is 0 Å². The predicted octanol–water partition coefficient (Wildman–Crippen LogP) is 26.1. The maximum absolute atomic E-state index is 5.64. The van der Waals surface area contributed by atoms with Crippen LogP contribution in [0.15, 0.2) is 320 Å². The highest BCUT2D eigenvalue weighted by atomic mass is 32.2. The zero-order valence-corrected chi connectivity index (χ0v) is 58.9. The molecule has 0 bridgehead atoms. The molecule has 22 rings (SSSR count). The quantitative estimate of drug-likeness (QED) is 0.133. The van der Waals surface area contributed by atoms with Crippen LogP contribution >= 0.6 is 23.1 Å². The number of aromatic nitrogens is 6. The Kier molecular flexibility index (Phi) is 14.0. The summed E-state index contributed by atoms with van der Waals surface area (Å²) >= 11 is 3.88. The van der Waals surface area contributed by atoms with Crippen molar-refractivity contribution in [3.63, 3.8) is 0 Å². The first-order valence-corrected chi connectivity index (χ1v) is 38.0. The minimum absolute atomic E-state index is 0.00901. The molecule has 1 aliphatic heterocycles. The number of fused-ring (bicyclic) bond motifs is 19. The van der Waals surface area contributed by atoms with Gasteiger partial charge in [-0.3, -0.25) is 0 Å². The summed E-state index contributed by atoms with van der Waals surface area (Å²) in [5.74, 6) is 3.83. The summed E-state index contributed by atoms with van der Waals surface area (Å²) in [5.41, 5.74) is 19.3. The lowest BCUT2D eigenvalue weighted by molar-refractivity contribution is 0.803. The second-order valence-electron chi connectivity index (χ2n) is 28.3. The molecular weight excluding hydrogens is 1330 g/mol. The van der Waals surface area contributed by atoms with E-state index in [1.54, 1.807) is 0 Å². The fraction of sp³-hybridized carbons (Fsp3) is 0.0408. The Bertz CT molecular complexity index is 7020. The topological polar surface area (TPSA) is 77.3 Å². The monoisotopic (exact) mass is 1380 g/mol. The average Bonchev–Trinajstić information content (AvgIpc) is 1.51. The number of benzene rings is 16. The van der Waals surface area contributed by atoms with E-state index < -0.39 is 0 Å². The van der Waals surface area contributed by atoms with Crippen molar-refractivity contribution in [1.82, 2.24) is 29.9 Å². The highest BCUT2D eigenvalue weighted by Crippen LogP contribution is 2.64. The lowest BCUT2D eigenvalue weighted by atomic mass is 9.75. The van der Waals surface area contributed by atoms with Crippen molar-refractivity contribution in [2.75, 3.05) is 0 Å². The Morgan fingerprint density at radius 3 is 1.54 bits per heavy atom. The first-order valence-electron chi connectivity index (χ1n) is 36.3. The van der Waals surface area contributed by atoms with E-state index in [1.165, 1.54) is 96.3 Å². The van der Waals surface area contributed by atoms with Gasteiger partial charge in [-0.1, -0.05) is 267 Å². The highest BCUT2D eigenvalue weighted by Gasteiger charge is 2.44. The number of thioether (sulfide) groups is 1. The summed E-state index contributed by atoms with van der Waals surface area (Å²) in [6.07, 6.45) is 9.12. The molecule has 19 aromatic rings. The zero-order chi connectivity index (χ0) is 69.5. The van der Waals surface area contributed by atoms with Crippen LogP contribution < -0.4 is 0 Å². The van der Waals surface area contributed by atoms with Crippen molar-refractivity contribution in [2.45, 2.75) is 28.9 Å². The number of hydrogen-bond donors (Lipinski definition) is 0. The molecule has 0 spiro atoms. The molecule has 8 heteroatoms. The van der Waals surface area contributed by atoms with Crippen molar-refractivity contribution in [3.8, 4) is 90.3 Å². The summed E-state index contributed by atoms with van der Waals surface area (Å²) in [5, 5.41) is 16.8. The molecule has 2 aliphatic carbocycles. The van der Waals surface area contributed by atoms with Crippen LogP contribution in [-0.4, -0.2) is 29.9 Å². The van der Waals surface area contributed by atoms with E-state index in [0.717, 1.165) is 101 Å². The summed E-state index contributed by atoms with van der Waals surface area (Å²) < 4.78 is 2.46. The Morgan fingerprint density at radius 1 is 0.311 bits per heavy atom. The van der Waals surface area contributed by atoms with E-state index in [2.05, 4.69) is 309 Å². The van der Waals surface area contributed by atoms with Gasteiger partial charge in [0, 0.05) is 75.0 Å². The molecule has 3 aliphatic rings. The molecule has 0 N–H and O–H groups in total. The normalized spacial score (nSPS) is 14.5. The number of nitrogens with zero attached hydrogens (tertiary/aromatic N) is 6. The van der Waals surface area contributed by atoms with Gasteiger partial charge in [0.05, 0.1) is 0 Å². The molecule has 3 aromatic heterocycles. The standard InChI is InChI=1S/C98H60N6S2/c1-3-17-57(18-4-1)68-38-39-70-50-75(44-40-69(70)48-68)95-100-94(102-97(103-95)83-54-73-42-36-60-20-10-13-31-79(60)87(73)92-88(83)81-46-45-61-21-11-14-32-80(61)90(81)106-92)74-29-16-28-65(49-74)63-26-15-27-64(47-63)71-37-33-58-34-43-76(52-77(58)51-71)96-99-93(62-22-5-2-6-23-62)101-98(104-96)84-55-72-41-35-59-19-9-12-30-78(59)86(72)91-89(84)82-53-66-24-7-8-25-67(66)56-85(82)105-91/h1-12,14-30,32-56,88,92H,13,31H2. The van der Waals surface area contributed by atoms with Crippen LogP contribution in [0.1, 0.15) is 51.2 Å². The Morgan fingerprint density at radius 2 is 0.802 bits per heavy atom. The third-order valence-corrected chi connectivity index (χ3v) is 24.7. The van der Waals surface area contributed by atoms with Gasteiger partial charge in [0.15, 0.2) is 34.9 Å². The van der Waals surface area contributed by atoms with Gasteiger partial charge in [-0.15, -0.1) is 23.1 Å². The molecule has 2 atom stereocenters. The molecule has 0 amide bonds. The van der Waals surface area contributed by atoms with Crippen LogP contribution in [0.3, 0.4) is 0 Å². The predicted molar refractivity (Wildman–Crippen MR) is 444 cm³/mol. The molecule has 0 fully saturated rings. The zero-order valence-electron chi connectivity index (χ0n) is 57.2. The molecule has 0 saturated heterocycles. The van der Waals surface area contributed by atoms with Gasteiger partial charge in [-0.2, -0.15) is 0 Å². The Balaban J connectivity index is 0.653. The van der Waals surface area contributed by atoms with E-state index in [-0.39, 0.29) is 11.2 Å². The van der Waals surface area contributed by atoms with Crippen LogP contribution in [0, 0.1) is 0 Å². The van der Waals surface area contributed by atoms with Gasteiger partial charge in [0.2, 0.25) is 0 Å². The van der Waals surface area contributed by atoms with Gasteiger partial charge >= 0.3 is 0 Å². The van der Waals surface area contributed by atoms with Crippen LogP contribution in [-0.2, 0) is 6.42 Å². The summed E-state index contributed by atoms with van der Waals surface area (Å²) in [6, 6.07) is 112. The van der Waals surface area contributed by atoms with Gasteiger partial charge < -0.3 is 0 Å². The minimum atomic E-state index is 0.00901. The number of thiophene rings is 1. The minimum Gasteiger partial charge on any atom is -0.208 e. The number of rotatable bonds is 9. The molecule has 0 saturated carbocycles.